The summed E-state index contributed by atoms with van der Waals surface area (Å²) < 4.78 is 33.9. The van der Waals surface area contributed by atoms with E-state index in [-0.39, 0.29) is 16.8 Å². The van der Waals surface area contributed by atoms with Crippen molar-refractivity contribution in [2.24, 2.45) is 0 Å². The molecule has 11 nitrogen and oxygen atoms in total. The molecule has 3 aromatic rings. The van der Waals surface area contributed by atoms with E-state index in [9.17, 15) is 13.2 Å². The number of carbonyl (C=O) groups excluding carboxylic acids is 1. The van der Waals surface area contributed by atoms with E-state index in [1.165, 1.54) is 28.6 Å². The fraction of sp³-hybridized carbons (Fsp3) is 0.478. The highest BCUT2D eigenvalue weighted by atomic mass is 32.2. The van der Waals surface area contributed by atoms with Crippen LogP contribution in [0.4, 0.5) is 5.82 Å². The number of fused-ring (bicyclic) bond motifs is 1. The van der Waals surface area contributed by atoms with Crippen molar-refractivity contribution in [3.05, 3.63) is 36.0 Å². The lowest BCUT2D eigenvalue weighted by atomic mass is 10.2. The number of amides is 1. The van der Waals surface area contributed by atoms with Crippen molar-refractivity contribution in [2.45, 2.75) is 43.4 Å². The molecule has 1 saturated heterocycles. The Morgan fingerprint density at radius 2 is 1.89 bits per heavy atom. The number of ether oxygens (including phenoxy) is 1. The fourth-order valence-corrected chi connectivity index (χ4v) is 5.74. The molecule has 1 aliphatic rings. The molecule has 1 aliphatic heterocycles. The standard InChI is InChI=1S/C23H31N7O4S2/c1-4-35-23-27-20(26-16(2)3)19-15-25-30(21(19)28-23)10-9-24-22(31)17-5-7-18(8-6-17)36(32,33)29-11-13-34-14-12-29/h5-8,15-16H,4,9-14H2,1-3H3,(H,24,31)(H,26,27,28). The summed E-state index contributed by atoms with van der Waals surface area (Å²) in [7, 11) is -3.60. The highest BCUT2D eigenvalue weighted by Crippen LogP contribution is 2.25. The fourth-order valence-electron chi connectivity index (χ4n) is 3.77. The zero-order valence-electron chi connectivity index (χ0n) is 20.6. The number of nitrogens with zero attached hydrogens (tertiary/aromatic N) is 5. The molecule has 4 rings (SSSR count). The highest BCUT2D eigenvalue weighted by Gasteiger charge is 2.26. The summed E-state index contributed by atoms with van der Waals surface area (Å²) in [5.74, 6) is 1.30. The number of carbonyl (C=O) groups is 1. The molecular formula is C23H31N7O4S2. The number of benzene rings is 1. The largest absolute Gasteiger partial charge is 0.379 e. The number of morpholine rings is 1. The van der Waals surface area contributed by atoms with Crippen LogP contribution in [0.1, 0.15) is 31.1 Å². The van der Waals surface area contributed by atoms with Crippen molar-refractivity contribution in [2.75, 3.05) is 43.9 Å². The van der Waals surface area contributed by atoms with Crippen molar-refractivity contribution in [3.63, 3.8) is 0 Å². The molecule has 0 spiro atoms. The first kappa shape index (κ1) is 26.3. The number of hydrogen-bond acceptors (Lipinski definition) is 9. The number of thioether (sulfide) groups is 1. The molecule has 194 valence electrons. The number of sulfonamides is 1. The van der Waals surface area contributed by atoms with Gasteiger partial charge in [0.05, 0.1) is 36.2 Å². The third-order valence-electron chi connectivity index (χ3n) is 5.51. The Morgan fingerprint density at radius 3 is 2.56 bits per heavy atom. The summed E-state index contributed by atoms with van der Waals surface area (Å²) in [6.07, 6.45) is 1.73. The van der Waals surface area contributed by atoms with E-state index in [0.29, 0.717) is 55.8 Å². The van der Waals surface area contributed by atoms with Gasteiger partial charge in [0.1, 0.15) is 5.82 Å². The van der Waals surface area contributed by atoms with Gasteiger partial charge < -0.3 is 15.4 Å². The van der Waals surface area contributed by atoms with Gasteiger partial charge >= 0.3 is 0 Å². The summed E-state index contributed by atoms with van der Waals surface area (Å²) >= 11 is 1.56. The van der Waals surface area contributed by atoms with Gasteiger partial charge in [-0.2, -0.15) is 9.40 Å². The average Bonchev–Trinajstić information content (AvgIpc) is 3.27. The van der Waals surface area contributed by atoms with Crippen molar-refractivity contribution in [1.29, 1.82) is 0 Å². The lowest BCUT2D eigenvalue weighted by Crippen LogP contribution is -2.40. The normalized spacial score (nSPS) is 14.9. The lowest BCUT2D eigenvalue weighted by molar-refractivity contribution is 0.0730. The van der Waals surface area contributed by atoms with Crippen LogP contribution in [0.25, 0.3) is 11.0 Å². The first-order valence-electron chi connectivity index (χ1n) is 11.9. The van der Waals surface area contributed by atoms with Crippen LogP contribution in [-0.2, 0) is 21.3 Å². The zero-order chi connectivity index (χ0) is 25.7. The summed E-state index contributed by atoms with van der Waals surface area (Å²) in [5.41, 5.74) is 1.09. The second-order valence-electron chi connectivity index (χ2n) is 8.49. The molecule has 13 heteroatoms. The van der Waals surface area contributed by atoms with E-state index in [1.807, 2.05) is 20.8 Å². The van der Waals surface area contributed by atoms with Gasteiger partial charge in [0.15, 0.2) is 10.8 Å². The quantitative estimate of drug-likeness (QED) is 0.297. The van der Waals surface area contributed by atoms with Crippen LogP contribution in [0.15, 0.2) is 40.5 Å². The molecule has 2 aromatic heterocycles. The van der Waals surface area contributed by atoms with E-state index in [0.717, 1.165) is 17.0 Å². The van der Waals surface area contributed by atoms with Crippen LogP contribution >= 0.6 is 11.8 Å². The smallest absolute Gasteiger partial charge is 0.251 e. The molecule has 0 atom stereocenters. The van der Waals surface area contributed by atoms with Crippen LogP contribution in [0.2, 0.25) is 0 Å². The average molecular weight is 534 g/mol. The molecule has 0 bridgehead atoms. The van der Waals surface area contributed by atoms with Gasteiger partial charge in [0, 0.05) is 31.2 Å². The van der Waals surface area contributed by atoms with Crippen molar-refractivity contribution >= 4 is 44.5 Å². The van der Waals surface area contributed by atoms with E-state index >= 15 is 0 Å². The van der Waals surface area contributed by atoms with E-state index < -0.39 is 10.0 Å². The maximum Gasteiger partial charge on any atom is 0.251 e. The Balaban J connectivity index is 1.41. The third kappa shape index (κ3) is 5.97. The second-order valence-corrected chi connectivity index (χ2v) is 11.7. The van der Waals surface area contributed by atoms with Crippen LogP contribution in [0, 0.1) is 0 Å². The van der Waals surface area contributed by atoms with Crippen molar-refractivity contribution < 1.29 is 17.9 Å². The molecule has 0 saturated carbocycles. The second kappa shape index (κ2) is 11.5. The Morgan fingerprint density at radius 1 is 1.17 bits per heavy atom. The van der Waals surface area contributed by atoms with Gasteiger partial charge in [-0.1, -0.05) is 18.7 Å². The van der Waals surface area contributed by atoms with Crippen LogP contribution in [0.5, 0.6) is 0 Å². The van der Waals surface area contributed by atoms with Gasteiger partial charge in [-0.3, -0.25) is 4.79 Å². The van der Waals surface area contributed by atoms with Crippen molar-refractivity contribution in [3.8, 4) is 0 Å². The Hall–Kier alpha value is -2.74. The van der Waals surface area contributed by atoms with Gasteiger partial charge in [0.2, 0.25) is 10.0 Å². The van der Waals surface area contributed by atoms with Crippen LogP contribution < -0.4 is 10.6 Å². The van der Waals surface area contributed by atoms with Gasteiger partial charge in [-0.25, -0.2) is 23.1 Å². The molecular weight excluding hydrogens is 502 g/mol. The minimum atomic E-state index is -3.60. The molecule has 2 N–H and O–H groups in total. The molecule has 1 aromatic carbocycles. The number of aromatic nitrogens is 4. The SMILES string of the molecule is CCSc1nc(NC(C)C)c2cnn(CCNC(=O)c3ccc(S(=O)(=O)N4CCOCC4)cc3)c2n1. The Labute approximate surface area is 215 Å². The molecule has 0 unspecified atom stereocenters. The minimum Gasteiger partial charge on any atom is -0.379 e. The van der Waals surface area contributed by atoms with E-state index in [4.69, 9.17) is 4.74 Å². The van der Waals surface area contributed by atoms with E-state index in [2.05, 4.69) is 25.7 Å². The first-order valence-corrected chi connectivity index (χ1v) is 14.3. The monoisotopic (exact) mass is 533 g/mol. The van der Waals surface area contributed by atoms with E-state index in [1.54, 1.807) is 22.6 Å². The predicted octanol–water partition coefficient (Wildman–Crippen LogP) is 2.21. The maximum atomic E-state index is 12.8. The molecule has 36 heavy (non-hydrogen) atoms. The van der Waals surface area contributed by atoms with Crippen molar-refractivity contribution in [1.82, 2.24) is 29.4 Å². The molecule has 1 amide bonds. The predicted molar refractivity (Wildman–Crippen MR) is 139 cm³/mol. The summed E-state index contributed by atoms with van der Waals surface area (Å²) in [6.45, 7) is 8.30. The number of hydrogen-bond donors (Lipinski definition) is 2. The van der Waals surface area contributed by atoms with Gasteiger partial charge in [0.25, 0.3) is 5.91 Å². The minimum absolute atomic E-state index is 0.162. The van der Waals surface area contributed by atoms with Gasteiger partial charge in [-0.15, -0.1) is 0 Å². The molecule has 0 aliphatic carbocycles. The lowest BCUT2D eigenvalue weighted by Gasteiger charge is -2.26. The maximum absolute atomic E-state index is 12.8. The van der Waals surface area contributed by atoms with Crippen LogP contribution in [-0.4, -0.2) is 83.0 Å². The number of nitrogens with one attached hydrogen (secondary N) is 2. The number of rotatable bonds is 10. The summed E-state index contributed by atoms with van der Waals surface area (Å²) in [4.78, 5) is 22.1. The summed E-state index contributed by atoms with van der Waals surface area (Å²) in [5, 5.41) is 12.2. The third-order valence-corrected chi connectivity index (χ3v) is 8.15. The molecule has 1 fully saturated rings. The Kier molecular flexibility index (Phi) is 8.44. The molecule has 0 radical (unpaired) electrons. The highest BCUT2D eigenvalue weighted by molar-refractivity contribution is 7.99. The summed E-state index contributed by atoms with van der Waals surface area (Å²) in [6, 6.07) is 6.19. The molecule has 3 heterocycles. The topological polar surface area (TPSA) is 131 Å². The van der Waals surface area contributed by atoms with Crippen LogP contribution in [0.3, 0.4) is 0 Å². The zero-order valence-corrected chi connectivity index (χ0v) is 22.2. The first-order chi connectivity index (χ1) is 17.3. The Bertz CT molecular complexity index is 1300. The van der Waals surface area contributed by atoms with Gasteiger partial charge in [-0.05, 0) is 43.9 Å². The number of anilines is 1.